The third kappa shape index (κ3) is 6.11. The Morgan fingerprint density at radius 3 is 2.37 bits per heavy atom. The average Bonchev–Trinajstić information content (AvgIpc) is 3.22. The lowest BCUT2D eigenvalue weighted by Crippen LogP contribution is -2.19. The predicted octanol–water partition coefficient (Wildman–Crippen LogP) is 2.55. The van der Waals surface area contributed by atoms with Gasteiger partial charge in [-0.1, -0.05) is 17.4 Å². The van der Waals surface area contributed by atoms with Crippen molar-refractivity contribution >= 4 is 53.2 Å². The Bertz CT molecular complexity index is 1780. The number of nitrogens with zero attached hydrogens (tertiary/aromatic N) is 2. The molecule has 0 aliphatic carbocycles. The van der Waals surface area contributed by atoms with Crippen LogP contribution in [-0.4, -0.2) is 48.1 Å². The molecular weight excluding hydrogens is 552 g/mol. The van der Waals surface area contributed by atoms with Gasteiger partial charge < -0.3 is 14.0 Å². The fourth-order valence-corrected chi connectivity index (χ4v) is 6.31. The average molecular weight is 577 g/mol. The maximum Gasteiger partial charge on any atom is 0.279 e. The first-order valence-corrected chi connectivity index (χ1v) is 14.9. The van der Waals surface area contributed by atoms with Gasteiger partial charge in [0.2, 0.25) is 10.0 Å². The van der Waals surface area contributed by atoms with Crippen LogP contribution in [0.4, 0.5) is 5.69 Å². The Morgan fingerprint density at radius 1 is 1.00 bits per heavy atom. The van der Waals surface area contributed by atoms with E-state index < -0.39 is 26.0 Å². The number of hydrogen-bond donors (Lipinski definition) is 2. The van der Waals surface area contributed by atoms with Crippen molar-refractivity contribution in [2.24, 2.45) is 10.1 Å². The van der Waals surface area contributed by atoms with Crippen LogP contribution in [0.2, 0.25) is 0 Å². The van der Waals surface area contributed by atoms with Crippen LogP contribution in [0.3, 0.4) is 0 Å². The third-order valence-corrected chi connectivity index (χ3v) is 8.78. The molecule has 0 bridgehead atoms. The van der Waals surface area contributed by atoms with Crippen molar-refractivity contribution < 1.29 is 31.1 Å². The van der Waals surface area contributed by atoms with Gasteiger partial charge in [-0.2, -0.15) is 4.99 Å². The van der Waals surface area contributed by atoms with E-state index in [2.05, 4.69) is 9.71 Å². The second-order valence-corrected chi connectivity index (χ2v) is 12.2. The van der Waals surface area contributed by atoms with Crippen LogP contribution < -0.4 is 19.4 Å². The van der Waals surface area contributed by atoms with Crippen molar-refractivity contribution in [2.75, 3.05) is 25.5 Å². The number of hydrogen-bond acceptors (Lipinski definition) is 8. The van der Waals surface area contributed by atoms with E-state index in [-0.39, 0.29) is 21.0 Å². The molecule has 0 aliphatic rings. The number of primary sulfonamides is 1. The van der Waals surface area contributed by atoms with Crippen molar-refractivity contribution in [3.63, 3.8) is 0 Å². The lowest BCUT2D eigenvalue weighted by Gasteiger charge is -2.09. The molecule has 1 heterocycles. The van der Waals surface area contributed by atoms with E-state index in [0.717, 1.165) is 11.3 Å². The zero-order valence-corrected chi connectivity index (χ0v) is 22.8. The molecule has 1 amide bonds. The predicted molar refractivity (Wildman–Crippen MR) is 143 cm³/mol. The van der Waals surface area contributed by atoms with Crippen LogP contribution in [0.1, 0.15) is 10.4 Å². The van der Waals surface area contributed by atoms with Crippen molar-refractivity contribution in [1.82, 2.24) is 4.57 Å². The number of ether oxygens (including phenoxy) is 2. The lowest BCUT2D eigenvalue weighted by molar-refractivity contribution is 0.0997. The number of fused-ring (bicyclic) bond motifs is 1. The third-order valence-electron chi connectivity index (χ3n) is 5.43. The summed E-state index contributed by atoms with van der Waals surface area (Å²) in [6.45, 7) is 0.686. The van der Waals surface area contributed by atoms with Crippen LogP contribution >= 0.6 is 11.3 Å². The number of methoxy groups -OCH3 is 2. The molecule has 0 saturated carbocycles. The van der Waals surface area contributed by atoms with E-state index in [9.17, 15) is 21.6 Å². The molecule has 0 atom stereocenters. The zero-order chi connectivity index (χ0) is 27.5. The normalized spacial score (nSPS) is 12.6. The van der Waals surface area contributed by atoms with Gasteiger partial charge in [0.15, 0.2) is 4.80 Å². The van der Waals surface area contributed by atoms with Crippen LogP contribution in [-0.2, 0) is 31.3 Å². The minimum absolute atomic E-state index is 0.0306. The summed E-state index contributed by atoms with van der Waals surface area (Å²) >= 11 is 1.12. The molecule has 200 valence electrons. The first-order chi connectivity index (χ1) is 18.0. The zero-order valence-electron chi connectivity index (χ0n) is 20.3. The second-order valence-electron chi connectivity index (χ2n) is 7.98. The highest BCUT2D eigenvalue weighted by Crippen LogP contribution is 2.23. The number of thiazole rings is 1. The number of carbonyl (C=O) groups excluding carboxylic acids is 1. The van der Waals surface area contributed by atoms with Crippen LogP contribution in [0.25, 0.3) is 10.2 Å². The van der Waals surface area contributed by atoms with Crippen molar-refractivity contribution in [2.45, 2.75) is 16.3 Å². The maximum absolute atomic E-state index is 13.1. The number of aromatic nitrogens is 1. The van der Waals surface area contributed by atoms with Gasteiger partial charge in [-0.05, 0) is 60.7 Å². The summed E-state index contributed by atoms with van der Waals surface area (Å²) in [4.78, 5) is 17.6. The number of carbonyl (C=O) groups is 1. The smallest absolute Gasteiger partial charge is 0.279 e. The fraction of sp³-hybridized carbons (Fsp3) is 0.167. The van der Waals surface area contributed by atoms with Gasteiger partial charge in [-0.25, -0.2) is 22.0 Å². The minimum Gasteiger partial charge on any atom is -0.497 e. The molecule has 14 heteroatoms. The summed E-state index contributed by atoms with van der Waals surface area (Å²) in [7, 11) is -4.81. The van der Waals surface area contributed by atoms with Gasteiger partial charge in [0.05, 0.1) is 33.7 Å². The van der Waals surface area contributed by atoms with Crippen molar-refractivity contribution in [3.8, 4) is 5.75 Å². The first-order valence-electron chi connectivity index (χ1n) is 11.0. The second kappa shape index (κ2) is 11.0. The maximum atomic E-state index is 13.1. The SMILES string of the molecule is COCCn1c(=NC(=O)c2cccc(NS(=O)(=O)c3ccc(OC)cc3)c2)sc2cc(S(N)(=O)=O)ccc21. The highest BCUT2D eigenvalue weighted by Gasteiger charge is 2.17. The number of nitrogens with one attached hydrogen (secondary N) is 1. The van der Waals surface area contributed by atoms with Gasteiger partial charge in [0.25, 0.3) is 15.9 Å². The Balaban J connectivity index is 1.68. The highest BCUT2D eigenvalue weighted by molar-refractivity contribution is 7.92. The minimum atomic E-state index is -3.91. The number of rotatable bonds is 9. The van der Waals surface area contributed by atoms with E-state index in [4.69, 9.17) is 14.6 Å². The molecule has 0 fully saturated rings. The molecule has 4 aromatic rings. The van der Waals surface area contributed by atoms with Gasteiger partial charge in [0.1, 0.15) is 5.75 Å². The molecule has 11 nitrogen and oxygen atoms in total. The molecule has 0 unspecified atom stereocenters. The Labute approximate surface area is 223 Å². The number of benzene rings is 3. The van der Waals surface area contributed by atoms with E-state index in [1.807, 2.05) is 0 Å². The summed E-state index contributed by atoms with van der Waals surface area (Å²) in [5, 5.41) is 5.26. The Kier molecular flexibility index (Phi) is 7.99. The van der Waals surface area contributed by atoms with Gasteiger partial charge in [-0.15, -0.1) is 0 Å². The number of anilines is 1. The molecule has 0 radical (unpaired) electrons. The van der Waals surface area contributed by atoms with Crippen LogP contribution in [0.5, 0.6) is 5.75 Å². The monoisotopic (exact) mass is 576 g/mol. The van der Waals surface area contributed by atoms with Gasteiger partial charge >= 0.3 is 0 Å². The molecule has 4 rings (SSSR count). The van der Waals surface area contributed by atoms with Crippen LogP contribution in [0, 0.1) is 0 Å². The van der Waals surface area contributed by atoms with E-state index in [1.54, 1.807) is 10.6 Å². The van der Waals surface area contributed by atoms with Gasteiger partial charge in [0, 0.05) is 24.9 Å². The molecule has 0 aliphatic heterocycles. The summed E-state index contributed by atoms with van der Waals surface area (Å²) in [5.74, 6) is -0.0945. The fourth-order valence-electron chi connectivity index (χ4n) is 3.55. The highest BCUT2D eigenvalue weighted by atomic mass is 32.2. The van der Waals surface area contributed by atoms with E-state index in [0.29, 0.717) is 33.9 Å². The van der Waals surface area contributed by atoms with E-state index >= 15 is 0 Å². The molecule has 0 spiro atoms. The number of amides is 1. The Morgan fingerprint density at radius 2 is 1.71 bits per heavy atom. The Hall–Kier alpha value is -3.56. The molecule has 38 heavy (non-hydrogen) atoms. The molecule has 3 N–H and O–H groups in total. The lowest BCUT2D eigenvalue weighted by atomic mass is 10.2. The molecule has 1 aromatic heterocycles. The quantitative estimate of drug-likeness (QED) is 0.310. The molecule has 3 aromatic carbocycles. The summed E-state index contributed by atoms with van der Waals surface area (Å²) in [6, 6.07) is 16.3. The topological polar surface area (TPSA) is 159 Å². The number of nitrogens with two attached hydrogens (primary N) is 1. The first kappa shape index (κ1) is 27.5. The molecule has 0 saturated heterocycles. The summed E-state index contributed by atoms with van der Waals surface area (Å²) in [5.41, 5.74) is 0.996. The van der Waals surface area contributed by atoms with Crippen molar-refractivity contribution in [3.05, 3.63) is 77.1 Å². The number of sulfonamides is 2. The standard InChI is InChI=1S/C24H24N4O7S3/c1-34-13-12-28-21-11-10-20(37(25,30)31)15-22(21)36-24(28)26-23(29)16-4-3-5-17(14-16)27-38(32,33)19-8-6-18(35-2)7-9-19/h3-11,14-15,27H,12-13H2,1-2H3,(H2,25,30,31). The summed E-state index contributed by atoms with van der Waals surface area (Å²) in [6.07, 6.45) is 0. The largest absolute Gasteiger partial charge is 0.497 e. The summed E-state index contributed by atoms with van der Waals surface area (Å²) < 4.78 is 64.1. The van der Waals surface area contributed by atoms with E-state index in [1.165, 1.54) is 74.9 Å². The van der Waals surface area contributed by atoms with Gasteiger partial charge in [-0.3, -0.25) is 9.52 Å². The van der Waals surface area contributed by atoms with Crippen molar-refractivity contribution in [1.29, 1.82) is 0 Å². The molecular formula is C24H24N4O7S3. The van der Waals surface area contributed by atoms with Crippen LogP contribution in [0.15, 0.2) is 81.5 Å².